The van der Waals surface area contributed by atoms with Crippen molar-refractivity contribution >= 4 is 22.5 Å². The zero-order chi connectivity index (χ0) is 15.7. The lowest BCUT2D eigenvalue weighted by molar-refractivity contribution is -0.138. The number of methoxy groups -OCH3 is 2. The lowest BCUT2D eigenvalue weighted by Crippen LogP contribution is -2.44. The molecule has 1 amide bonds. The summed E-state index contributed by atoms with van der Waals surface area (Å²) >= 11 is 0. The smallest absolute Gasteiger partial charge is 0.256 e. The summed E-state index contributed by atoms with van der Waals surface area (Å²) in [7, 11) is 3.20. The van der Waals surface area contributed by atoms with Gasteiger partial charge in [0, 0.05) is 18.7 Å². The van der Waals surface area contributed by atoms with E-state index in [-0.39, 0.29) is 5.91 Å². The van der Waals surface area contributed by atoms with Crippen molar-refractivity contribution in [3.05, 3.63) is 30.5 Å². The monoisotopic (exact) mass is 300 g/mol. The Labute approximate surface area is 129 Å². The number of pyridine rings is 1. The van der Waals surface area contributed by atoms with Crippen LogP contribution in [-0.4, -0.2) is 30.7 Å². The van der Waals surface area contributed by atoms with Crippen LogP contribution in [0, 0.1) is 5.92 Å². The van der Waals surface area contributed by atoms with Gasteiger partial charge >= 0.3 is 0 Å². The summed E-state index contributed by atoms with van der Waals surface area (Å²) in [5.41, 5.74) is 0.667. The predicted octanol–water partition coefficient (Wildman–Crippen LogP) is 3.00. The zero-order valence-electron chi connectivity index (χ0n) is 13.1. The maximum Gasteiger partial charge on any atom is 0.256 e. The van der Waals surface area contributed by atoms with Crippen molar-refractivity contribution in [2.75, 3.05) is 19.5 Å². The Kier molecular flexibility index (Phi) is 3.74. The topological polar surface area (TPSA) is 60.5 Å². The molecule has 1 heterocycles. The predicted molar refractivity (Wildman–Crippen MR) is 85.1 cm³/mol. The molecule has 1 N–H and O–H groups in total. The number of fused-ring (bicyclic) bond motifs is 1. The van der Waals surface area contributed by atoms with E-state index in [1.165, 1.54) is 0 Å². The van der Waals surface area contributed by atoms with Crippen LogP contribution < -0.4 is 10.1 Å². The molecule has 1 aromatic carbocycles. The second-order valence-electron chi connectivity index (χ2n) is 5.75. The number of anilines is 1. The average molecular weight is 300 g/mol. The van der Waals surface area contributed by atoms with Gasteiger partial charge in [0.05, 0.1) is 12.8 Å². The van der Waals surface area contributed by atoms with E-state index in [9.17, 15) is 4.79 Å². The number of ether oxygens (including phenoxy) is 2. The molecule has 0 bridgehead atoms. The van der Waals surface area contributed by atoms with E-state index in [2.05, 4.69) is 10.3 Å². The first-order valence-corrected chi connectivity index (χ1v) is 7.38. The highest BCUT2D eigenvalue weighted by Crippen LogP contribution is 2.42. The van der Waals surface area contributed by atoms with Crippen molar-refractivity contribution in [2.45, 2.75) is 25.4 Å². The van der Waals surface area contributed by atoms with Crippen LogP contribution in [0.1, 0.15) is 19.8 Å². The summed E-state index contributed by atoms with van der Waals surface area (Å²) in [5.74, 6) is 0.859. The molecule has 3 rings (SSSR count). The number of hydrogen-bond acceptors (Lipinski definition) is 4. The van der Waals surface area contributed by atoms with Gasteiger partial charge in [-0.25, -0.2) is 0 Å². The summed E-state index contributed by atoms with van der Waals surface area (Å²) in [4.78, 5) is 17.0. The Morgan fingerprint density at radius 3 is 2.73 bits per heavy atom. The van der Waals surface area contributed by atoms with Gasteiger partial charge in [-0.1, -0.05) is 0 Å². The molecule has 5 nitrogen and oxygen atoms in total. The number of rotatable bonds is 5. The van der Waals surface area contributed by atoms with Crippen LogP contribution in [0.3, 0.4) is 0 Å². The molecular weight excluding hydrogens is 280 g/mol. The normalized spacial score (nSPS) is 17.0. The summed E-state index contributed by atoms with van der Waals surface area (Å²) in [6.07, 6.45) is 3.77. The molecule has 1 fully saturated rings. The van der Waals surface area contributed by atoms with Crippen molar-refractivity contribution in [3.63, 3.8) is 0 Å². The van der Waals surface area contributed by atoms with Gasteiger partial charge in [0.2, 0.25) is 0 Å². The Morgan fingerprint density at radius 2 is 2.09 bits per heavy atom. The first-order valence-electron chi connectivity index (χ1n) is 7.38. The number of amides is 1. The van der Waals surface area contributed by atoms with Gasteiger partial charge < -0.3 is 14.8 Å². The van der Waals surface area contributed by atoms with E-state index in [1.807, 2.05) is 31.2 Å². The Hall–Kier alpha value is -2.14. The fraction of sp³-hybridized carbons (Fsp3) is 0.412. The zero-order valence-corrected chi connectivity index (χ0v) is 13.1. The minimum atomic E-state index is -0.783. The van der Waals surface area contributed by atoms with E-state index < -0.39 is 5.60 Å². The average Bonchev–Trinajstić information content (AvgIpc) is 3.39. The molecular formula is C17H20N2O3. The number of carbonyl (C=O) groups is 1. The molecule has 0 radical (unpaired) electrons. The van der Waals surface area contributed by atoms with Crippen LogP contribution in [0.2, 0.25) is 0 Å². The molecule has 1 unspecified atom stereocenters. The second-order valence-corrected chi connectivity index (χ2v) is 5.75. The van der Waals surface area contributed by atoms with Crippen LogP contribution in [-0.2, 0) is 9.53 Å². The molecule has 1 aromatic heterocycles. The lowest BCUT2D eigenvalue weighted by atomic mass is 9.98. The van der Waals surface area contributed by atoms with Crippen LogP contribution >= 0.6 is 0 Å². The summed E-state index contributed by atoms with van der Waals surface area (Å²) in [6, 6.07) is 7.41. The van der Waals surface area contributed by atoms with Gasteiger partial charge in [-0.3, -0.25) is 9.78 Å². The second kappa shape index (κ2) is 5.57. The summed E-state index contributed by atoms with van der Waals surface area (Å²) in [5, 5.41) is 3.84. The summed E-state index contributed by atoms with van der Waals surface area (Å²) < 4.78 is 10.8. The lowest BCUT2D eigenvalue weighted by Gasteiger charge is -2.27. The number of carbonyl (C=O) groups excluding carboxylic acids is 1. The van der Waals surface area contributed by atoms with Gasteiger partial charge in [0.15, 0.2) is 0 Å². The van der Waals surface area contributed by atoms with Gasteiger partial charge in [-0.05, 0) is 49.9 Å². The van der Waals surface area contributed by atoms with E-state index in [4.69, 9.17) is 9.47 Å². The molecule has 1 aliphatic rings. The molecule has 1 atom stereocenters. The molecule has 22 heavy (non-hydrogen) atoms. The maximum atomic E-state index is 12.7. The molecule has 1 aliphatic carbocycles. The minimum Gasteiger partial charge on any atom is -0.494 e. The van der Waals surface area contributed by atoms with Crippen molar-refractivity contribution in [1.29, 1.82) is 0 Å². The van der Waals surface area contributed by atoms with E-state index in [0.717, 1.165) is 29.4 Å². The van der Waals surface area contributed by atoms with Crippen LogP contribution in [0.25, 0.3) is 10.9 Å². The Balaban J connectivity index is 1.96. The van der Waals surface area contributed by atoms with Gasteiger partial charge in [-0.2, -0.15) is 0 Å². The molecule has 0 aliphatic heterocycles. The van der Waals surface area contributed by atoms with Crippen LogP contribution in [0.5, 0.6) is 5.75 Å². The molecule has 0 spiro atoms. The highest BCUT2D eigenvalue weighted by atomic mass is 16.5. The SMILES string of the molecule is COc1ccc(NC(=O)C(C)(OC)C2CC2)c2cccnc12. The summed E-state index contributed by atoms with van der Waals surface area (Å²) in [6.45, 7) is 1.85. The largest absolute Gasteiger partial charge is 0.494 e. The third kappa shape index (κ3) is 2.41. The van der Waals surface area contributed by atoms with Crippen molar-refractivity contribution < 1.29 is 14.3 Å². The minimum absolute atomic E-state index is 0.118. The number of hydrogen-bond donors (Lipinski definition) is 1. The van der Waals surface area contributed by atoms with E-state index in [1.54, 1.807) is 20.4 Å². The third-order valence-electron chi connectivity index (χ3n) is 4.43. The van der Waals surface area contributed by atoms with Crippen molar-refractivity contribution in [3.8, 4) is 5.75 Å². The Morgan fingerprint density at radius 1 is 1.32 bits per heavy atom. The third-order valence-corrected chi connectivity index (χ3v) is 4.43. The van der Waals surface area contributed by atoms with Gasteiger partial charge in [-0.15, -0.1) is 0 Å². The molecule has 116 valence electrons. The first-order chi connectivity index (χ1) is 10.6. The van der Waals surface area contributed by atoms with Crippen molar-refractivity contribution in [1.82, 2.24) is 4.98 Å². The molecule has 5 heteroatoms. The van der Waals surface area contributed by atoms with Gasteiger partial charge in [0.1, 0.15) is 16.9 Å². The van der Waals surface area contributed by atoms with E-state index >= 15 is 0 Å². The standard InChI is InChI=1S/C17H20N2O3/c1-17(22-3,11-6-7-11)16(20)19-13-8-9-14(21-2)15-12(13)5-4-10-18-15/h4-5,8-11H,6-7H2,1-3H3,(H,19,20). The fourth-order valence-electron chi connectivity index (χ4n) is 2.75. The van der Waals surface area contributed by atoms with Crippen LogP contribution in [0.4, 0.5) is 5.69 Å². The molecule has 2 aromatic rings. The quantitative estimate of drug-likeness (QED) is 0.922. The number of nitrogens with one attached hydrogen (secondary N) is 1. The number of nitrogens with zero attached hydrogens (tertiary/aromatic N) is 1. The molecule has 1 saturated carbocycles. The molecule has 0 saturated heterocycles. The van der Waals surface area contributed by atoms with E-state index in [0.29, 0.717) is 11.7 Å². The van der Waals surface area contributed by atoms with Crippen LogP contribution in [0.15, 0.2) is 30.5 Å². The first kappa shape index (κ1) is 14.8. The number of aromatic nitrogens is 1. The highest BCUT2D eigenvalue weighted by molar-refractivity contribution is 6.05. The highest BCUT2D eigenvalue weighted by Gasteiger charge is 2.47. The number of benzene rings is 1. The maximum absolute atomic E-state index is 12.7. The Bertz CT molecular complexity index is 712. The fourth-order valence-corrected chi connectivity index (χ4v) is 2.75. The van der Waals surface area contributed by atoms with Crippen molar-refractivity contribution in [2.24, 2.45) is 5.92 Å². The van der Waals surface area contributed by atoms with Gasteiger partial charge in [0.25, 0.3) is 5.91 Å².